The van der Waals surface area contributed by atoms with E-state index < -0.39 is 0 Å². The molecule has 4 aliphatic heterocycles. The molecule has 4 unspecified atom stereocenters. The molecule has 0 radical (unpaired) electrons. The van der Waals surface area contributed by atoms with Gasteiger partial charge >= 0.3 is 0 Å². The van der Waals surface area contributed by atoms with Gasteiger partial charge in [-0.3, -0.25) is 0 Å². The minimum atomic E-state index is -0.0461. The molecule has 2 aliphatic carbocycles. The summed E-state index contributed by atoms with van der Waals surface area (Å²) in [5.41, 5.74) is 26.4. The van der Waals surface area contributed by atoms with E-state index in [1.54, 1.807) is 22.3 Å². The minimum Gasteiger partial charge on any atom is -0.335 e. The van der Waals surface area contributed by atoms with Gasteiger partial charge in [0.05, 0.1) is 16.6 Å². The highest BCUT2D eigenvalue weighted by Crippen LogP contribution is 2.65. The zero-order valence-electron chi connectivity index (χ0n) is 40.3. The summed E-state index contributed by atoms with van der Waals surface area (Å²) in [6.07, 6.45) is 10.0. The molecule has 3 nitrogen and oxygen atoms in total. The molecule has 0 N–H and O–H groups in total. The average Bonchev–Trinajstić information content (AvgIpc) is 3.71. The summed E-state index contributed by atoms with van der Waals surface area (Å²) in [5.74, 6) is 0. The molecule has 5 aromatic carbocycles. The number of nitrogens with zero attached hydrogens (tertiary/aromatic N) is 3. The molecule has 2 saturated carbocycles. The fourth-order valence-electron chi connectivity index (χ4n) is 15.3. The van der Waals surface area contributed by atoms with Gasteiger partial charge in [0.1, 0.15) is 0 Å². The van der Waals surface area contributed by atoms with E-state index in [1.165, 1.54) is 140 Å². The first-order valence-electron chi connectivity index (χ1n) is 24.3. The van der Waals surface area contributed by atoms with Crippen LogP contribution in [0.15, 0.2) is 60.7 Å². The number of fused-ring (bicyclic) bond motifs is 13. The van der Waals surface area contributed by atoms with Crippen molar-refractivity contribution in [3.63, 3.8) is 0 Å². The van der Waals surface area contributed by atoms with Gasteiger partial charge < -0.3 is 14.4 Å². The summed E-state index contributed by atoms with van der Waals surface area (Å²) in [6.45, 7) is 34.6. The van der Waals surface area contributed by atoms with Crippen LogP contribution in [-0.2, 0) is 21.7 Å². The number of benzene rings is 5. The second kappa shape index (κ2) is 11.8. The second-order valence-electron chi connectivity index (χ2n) is 24.3. The van der Waals surface area contributed by atoms with Crippen molar-refractivity contribution in [3.8, 4) is 5.69 Å². The van der Waals surface area contributed by atoms with Crippen molar-refractivity contribution in [2.75, 3.05) is 9.80 Å². The molecule has 0 bridgehead atoms. The van der Waals surface area contributed by atoms with Crippen LogP contribution in [0.1, 0.15) is 165 Å². The first kappa shape index (κ1) is 39.2. The maximum atomic E-state index is 2.98. The Morgan fingerprint density at radius 3 is 1.81 bits per heavy atom. The summed E-state index contributed by atoms with van der Waals surface area (Å²) in [5, 5.41) is 2.80. The molecule has 6 aliphatic rings. The van der Waals surface area contributed by atoms with Crippen molar-refractivity contribution in [2.24, 2.45) is 0 Å². The molecule has 4 atom stereocenters. The van der Waals surface area contributed by atoms with E-state index in [1.807, 2.05) is 0 Å². The summed E-state index contributed by atoms with van der Waals surface area (Å²) >= 11 is 0. The Morgan fingerprint density at radius 1 is 0.532 bits per heavy atom. The van der Waals surface area contributed by atoms with Crippen LogP contribution in [0.2, 0.25) is 0 Å². The molecular weight excluding hydrogens is 749 g/mol. The van der Waals surface area contributed by atoms with Crippen LogP contribution < -0.4 is 26.2 Å². The molecule has 12 rings (SSSR count). The van der Waals surface area contributed by atoms with E-state index in [0.29, 0.717) is 0 Å². The third kappa shape index (κ3) is 4.46. The predicted molar refractivity (Wildman–Crippen MR) is 267 cm³/mol. The molecule has 4 heteroatoms. The number of aromatic nitrogens is 1. The summed E-state index contributed by atoms with van der Waals surface area (Å²) < 4.78 is 2.76. The van der Waals surface area contributed by atoms with Crippen molar-refractivity contribution in [1.82, 2.24) is 4.57 Å². The van der Waals surface area contributed by atoms with Crippen molar-refractivity contribution >= 4 is 67.7 Å². The van der Waals surface area contributed by atoms with Gasteiger partial charge in [0, 0.05) is 55.6 Å². The fraction of sp³-hybridized carbons (Fsp3) is 0.483. The molecule has 62 heavy (non-hydrogen) atoms. The van der Waals surface area contributed by atoms with Crippen LogP contribution >= 0.6 is 0 Å². The average molecular weight is 818 g/mol. The van der Waals surface area contributed by atoms with E-state index in [0.717, 1.165) is 0 Å². The third-order valence-corrected chi connectivity index (χ3v) is 18.7. The zero-order valence-corrected chi connectivity index (χ0v) is 40.3. The smallest absolute Gasteiger partial charge is 0.252 e. The Balaban J connectivity index is 1.28. The predicted octanol–water partition coefficient (Wildman–Crippen LogP) is 13.2. The quantitative estimate of drug-likeness (QED) is 0.153. The van der Waals surface area contributed by atoms with Gasteiger partial charge in [-0.25, -0.2) is 0 Å². The first-order chi connectivity index (χ1) is 29.1. The minimum absolute atomic E-state index is 0.00389. The molecule has 5 heterocycles. The number of anilines is 4. The third-order valence-electron chi connectivity index (χ3n) is 18.7. The lowest BCUT2D eigenvalue weighted by atomic mass is 9.33. The van der Waals surface area contributed by atoms with Gasteiger partial charge in [-0.1, -0.05) is 111 Å². The van der Waals surface area contributed by atoms with E-state index in [2.05, 4.69) is 172 Å². The first-order valence-corrected chi connectivity index (χ1v) is 24.3. The lowest BCUT2D eigenvalue weighted by molar-refractivity contribution is 0.193. The van der Waals surface area contributed by atoms with Crippen LogP contribution in [0.3, 0.4) is 0 Å². The van der Waals surface area contributed by atoms with Gasteiger partial charge in [-0.05, 0) is 170 Å². The number of rotatable bonds is 1. The Hall–Kier alpha value is -4.44. The van der Waals surface area contributed by atoms with E-state index in [-0.39, 0.29) is 39.5 Å². The van der Waals surface area contributed by atoms with Crippen molar-refractivity contribution in [2.45, 2.75) is 181 Å². The molecule has 1 aromatic heterocycles. The van der Waals surface area contributed by atoms with E-state index >= 15 is 0 Å². The Labute approximate surface area is 372 Å². The molecule has 0 spiro atoms. The number of hydrogen-bond donors (Lipinski definition) is 0. The maximum absolute atomic E-state index is 2.98. The van der Waals surface area contributed by atoms with Crippen molar-refractivity contribution < 1.29 is 0 Å². The van der Waals surface area contributed by atoms with Crippen molar-refractivity contribution in [1.29, 1.82) is 0 Å². The van der Waals surface area contributed by atoms with Gasteiger partial charge in [-0.15, -0.1) is 0 Å². The van der Waals surface area contributed by atoms with E-state index in [9.17, 15) is 0 Å². The van der Waals surface area contributed by atoms with Crippen LogP contribution in [0, 0.1) is 27.7 Å². The molecule has 6 aromatic rings. The molecule has 0 amide bonds. The summed E-state index contributed by atoms with van der Waals surface area (Å²) in [6, 6.07) is 25.7. The molecule has 318 valence electrons. The summed E-state index contributed by atoms with van der Waals surface area (Å²) in [7, 11) is 0. The Morgan fingerprint density at radius 2 is 1.13 bits per heavy atom. The monoisotopic (exact) mass is 818 g/mol. The van der Waals surface area contributed by atoms with Crippen LogP contribution in [0.25, 0.3) is 27.5 Å². The molecular formula is C58H68BN3. The number of aryl methyl sites for hydroxylation is 4. The van der Waals surface area contributed by atoms with Crippen LogP contribution in [0.5, 0.6) is 0 Å². The lowest BCUT2D eigenvalue weighted by Gasteiger charge is -2.53. The SMILES string of the molecule is Cc1cc(C)c2c(c1)N(c1cc3c4c(c1)-n1c5ccc(C(C)(C)C)cc5c5cc(C(C)(C)C)cc(c51)B4c1c(C)cc(C)c4c1N3C1(C)CCCCC41C)C1(C)CCCCC21C. The highest BCUT2D eigenvalue weighted by atomic mass is 15.3. The molecule has 0 saturated heterocycles. The normalized spacial score (nSPS) is 26.8. The van der Waals surface area contributed by atoms with Crippen molar-refractivity contribution in [3.05, 3.63) is 105 Å². The maximum Gasteiger partial charge on any atom is 0.252 e. The Bertz CT molecular complexity index is 3020. The number of hydrogen-bond acceptors (Lipinski definition) is 2. The van der Waals surface area contributed by atoms with Crippen LogP contribution in [0.4, 0.5) is 22.7 Å². The van der Waals surface area contributed by atoms with Gasteiger partial charge in [0.2, 0.25) is 0 Å². The molecule has 2 fully saturated rings. The van der Waals surface area contributed by atoms with Gasteiger partial charge in [0.25, 0.3) is 6.71 Å². The van der Waals surface area contributed by atoms with Gasteiger partial charge in [-0.2, -0.15) is 0 Å². The highest BCUT2D eigenvalue weighted by molar-refractivity contribution is 7.00. The van der Waals surface area contributed by atoms with Crippen LogP contribution in [-0.4, -0.2) is 22.4 Å². The van der Waals surface area contributed by atoms with E-state index in [4.69, 9.17) is 0 Å². The fourth-order valence-corrected chi connectivity index (χ4v) is 15.3. The highest BCUT2D eigenvalue weighted by Gasteiger charge is 2.63. The lowest BCUT2D eigenvalue weighted by Crippen LogP contribution is -2.64. The zero-order chi connectivity index (χ0) is 43.6. The summed E-state index contributed by atoms with van der Waals surface area (Å²) in [4.78, 5) is 5.87. The Kier molecular flexibility index (Phi) is 7.47. The second-order valence-corrected chi connectivity index (χ2v) is 24.3. The largest absolute Gasteiger partial charge is 0.335 e. The topological polar surface area (TPSA) is 11.4 Å². The van der Waals surface area contributed by atoms with Gasteiger partial charge in [0.15, 0.2) is 0 Å². The standard InChI is InChI=1S/C58H68BN3/c1-33-25-34(2)47-44(26-33)61(57(13)23-17-15-21-55(47,57)11)39-31-45-50-46(32-39)62-52-48(56(12)22-16-18-24-58(56,62)14)35(3)27-36(4)49(52)59(50)42-30-38(54(8,9)10)29-41-40-28-37(53(5,6)7)19-20-43(40)60(45)51(41)42/h19-20,25-32H,15-18,21-24H2,1-14H3.